The highest BCUT2D eigenvalue weighted by molar-refractivity contribution is 5.22. The second-order valence-corrected chi connectivity index (χ2v) is 5.05. The van der Waals surface area contributed by atoms with Crippen molar-refractivity contribution in [2.45, 2.75) is 40.2 Å². The zero-order chi connectivity index (χ0) is 10.8. The number of hydrogen-bond donors (Lipinski definition) is 1. The van der Waals surface area contributed by atoms with Gasteiger partial charge in [-0.3, -0.25) is 4.98 Å². The van der Waals surface area contributed by atoms with Crippen molar-refractivity contribution in [3.05, 3.63) is 29.6 Å². The molecule has 0 amide bonds. The minimum Gasteiger partial charge on any atom is -0.324 e. The maximum Gasteiger partial charge on any atom is 0.0420 e. The third kappa shape index (κ3) is 3.11. The molecular formula is C12H20N2. The highest BCUT2D eigenvalue weighted by Gasteiger charge is 2.18. The first-order valence-electron chi connectivity index (χ1n) is 5.07. The molecule has 2 N–H and O–H groups in total. The Labute approximate surface area is 86.5 Å². The summed E-state index contributed by atoms with van der Waals surface area (Å²) in [7, 11) is 0. The summed E-state index contributed by atoms with van der Waals surface area (Å²) < 4.78 is 0. The second kappa shape index (κ2) is 4.09. The lowest BCUT2D eigenvalue weighted by atomic mass is 9.85. The zero-order valence-corrected chi connectivity index (χ0v) is 9.54. The molecule has 0 fully saturated rings. The van der Waals surface area contributed by atoms with E-state index in [-0.39, 0.29) is 11.5 Å². The molecule has 0 aliphatic carbocycles. The van der Waals surface area contributed by atoms with Crippen LogP contribution in [-0.2, 0) is 0 Å². The topological polar surface area (TPSA) is 38.9 Å². The molecule has 0 aromatic carbocycles. The SMILES string of the molecule is Cc1ncccc1[C@H](N)CC(C)(C)C. The highest BCUT2D eigenvalue weighted by atomic mass is 14.7. The fourth-order valence-electron chi connectivity index (χ4n) is 1.66. The molecule has 1 aromatic rings. The number of nitrogens with zero attached hydrogens (tertiary/aromatic N) is 1. The van der Waals surface area contributed by atoms with Crippen LogP contribution in [0.5, 0.6) is 0 Å². The van der Waals surface area contributed by atoms with E-state index in [0.717, 1.165) is 12.1 Å². The summed E-state index contributed by atoms with van der Waals surface area (Å²) in [6.45, 7) is 8.63. The molecule has 1 atom stereocenters. The summed E-state index contributed by atoms with van der Waals surface area (Å²) in [6, 6.07) is 4.12. The van der Waals surface area contributed by atoms with Gasteiger partial charge in [0.15, 0.2) is 0 Å². The molecule has 0 saturated carbocycles. The van der Waals surface area contributed by atoms with E-state index in [9.17, 15) is 0 Å². The molecule has 2 heteroatoms. The van der Waals surface area contributed by atoms with Gasteiger partial charge in [0.25, 0.3) is 0 Å². The van der Waals surface area contributed by atoms with Crippen LogP contribution >= 0.6 is 0 Å². The molecule has 0 radical (unpaired) electrons. The highest BCUT2D eigenvalue weighted by Crippen LogP contribution is 2.28. The van der Waals surface area contributed by atoms with Crippen molar-refractivity contribution in [2.75, 3.05) is 0 Å². The Bertz CT molecular complexity index is 299. The van der Waals surface area contributed by atoms with Gasteiger partial charge in [-0.05, 0) is 30.4 Å². The third-order valence-corrected chi connectivity index (χ3v) is 2.28. The molecule has 0 unspecified atom stereocenters. The minimum atomic E-state index is 0.101. The van der Waals surface area contributed by atoms with E-state index in [0.29, 0.717) is 0 Å². The standard InChI is InChI=1S/C12H20N2/c1-9-10(6-5-7-14-9)11(13)8-12(2,3)4/h5-7,11H,8,13H2,1-4H3/t11-/m1/s1. The van der Waals surface area contributed by atoms with E-state index in [1.54, 1.807) is 0 Å². The van der Waals surface area contributed by atoms with Crippen LogP contribution in [0.1, 0.15) is 44.5 Å². The molecule has 14 heavy (non-hydrogen) atoms. The summed E-state index contributed by atoms with van der Waals surface area (Å²) in [5.74, 6) is 0. The Hall–Kier alpha value is -0.890. The molecule has 78 valence electrons. The number of aromatic nitrogens is 1. The predicted molar refractivity (Wildman–Crippen MR) is 60.0 cm³/mol. The Morgan fingerprint density at radius 2 is 2.07 bits per heavy atom. The van der Waals surface area contributed by atoms with Crippen LogP contribution in [0.15, 0.2) is 18.3 Å². The van der Waals surface area contributed by atoms with Crippen molar-refractivity contribution in [1.29, 1.82) is 0 Å². The van der Waals surface area contributed by atoms with Gasteiger partial charge >= 0.3 is 0 Å². The number of nitrogens with two attached hydrogens (primary N) is 1. The average Bonchev–Trinajstić information content (AvgIpc) is 2.01. The predicted octanol–water partition coefficient (Wildman–Crippen LogP) is 2.83. The summed E-state index contributed by atoms with van der Waals surface area (Å²) >= 11 is 0. The van der Waals surface area contributed by atoms with Gasteiger partial charge < -0.3 is 5.73 Å². The van der Waals surface area contributed by atoms with Crippen molar-refractivity contribution in [1.82, 2.24) is 4.98 Å². The summed E-state index contributed by atoms with van der Waals surface area (Å²) in [5.41, 5.74) is 8.62. The fourth-order valence-corrected chi connectivity index (χ4v) is 1.66. The van der Waals surface area contributed by atoms with E-state index in [1.165, 1.54) is 5.56 Å². The maximum absolute atomic E-state index is 6.14. The van der Waals surface area contributed by atoms with Gasteiger partial charge in [0.1, 0.15) is 0 Å². The second-order valence-electron chi connectivity index (χ2n) is 5.05. The average molecular weight is 192 g/mol. The van der Waals surface area contributed by atoms with Crippen LogP contribution < -0.4 is 5.73 Å². The van der Waals surface area contributed by atoms with Gasteiger partial charge in [-0.25, -0.2) is 0 Å². The van der Waals surface area contributed by atoms with Crippen LogP contribution in [0, 0.1) is 12.3 Å². The third-order valence-electron chi connectivity index (χ3n) is 2.28. The summed E-state index contributed by atoms with van der Waals surface area (Å²) in [4.78, 5) is 4.25. The molecular weight excluding hydrogens is 172 g/mol. The Morgan fingerprint density at radius 1 is 1.43 bits per heavy atom. The van der Waals surface area contributed by atoms with Crippen LogP contribution in [-0.4, -0.2) is 4.98 Å². The van der Waals surface area contributed by atoms with E-state index in [2.05, 4.69) is 31.8 Å². The zero-order valence-electron chi connectivity index (χ0n) is 9.54. The lowest BCUT2D eigenvalue weighted by Crippen LogP contribution is -2.19. The van der Waals surface area contributed by atoms with Crippen LogP contribution in [0.25, 0.3) is 0 Å². The molecule has 0 saturated heterocycles. The molecule has 0 aliphatic rings. The van der Waals surface area contributed by atoms with E-state index in [4.69, 9.17) is 5.73 Å². The van der Waals surface area contributed by atoms with Gasteiger partial charge in [0.2, 0.25) is 0 Å². The van der Waals surface area contributed by atoms with Gasteiger partial charge in [0, 0.05) is 17.9 Å². The molecule has 0 spiro atoms. The summed E-state index contributed by atoms with van der Waals surface area (Å²) in [5, 5.41) is 0. The number of rotatable bonds is 2. The van der Waals surface area contributed by atoms with Crippen molar-refractivity contribution >= 4 is 0 Å². The first kappa shape index (κ1) is 11.2. The van der Waals surface area contributed by atoms with Crippen molar-refractivity contribution in [2.24, 2.45) is 11.1 Å². The van der Waals surface area contributed by atoms with Crippen molar-refractivity contribution in [3.8, 4) is 0 Å². The molecule has 1 heterocycles. The van der Waals surface area contributed by atoms with Crippen molar-refractivity contribution < 1.29 is 0 Å². The Balaban J connectivity index is 2.80. The lowest BCUT2D eigenvalue weighted by Gasteiger charge is -2.24. The maximum atomic E-state index is 6.14. The summed E-state index contributed by atoms with van der Waals surface area (Å²) in [6.07, 6.45) is 2.79. The van der Waals surface area contributed by atoms with Gasteiger partial charge in [-0.1, -0.05) is 26.8 Å². The first-order chi connectivity index (χ1) is 6.40. The Morgan fingerprint density at radius 3 is 2.57 bits per heavy atom. The molecule has 0 bridgehead atoms. The van der Waals surface area contributed by atoms with Crippen LogP contribution in [0.2, 0.25) is 0 Å². The molecule has 1 rings (SSSR count). The normalized spacial score (nSPS) is 14.1. The smallest absolute Gasteiger partial charge is 0.0420 e. The van der Waals surface area contributed by atoms with Gasteiger partial charge in [-0.15, -0.1) is 0 Å². The quantitative estimate of drug-likeness (QED) is 0.782. The number of pyridine rings is 1. The molecule has 2 nitrogen and oxygen atoms in total. The lowest BCUT2D eigenvalue weighted by molar-refractivity contribution is 0.342. The molecule has 0 aliphatic heterocycles. The van der Waals surface area contributed by atoms with E-state index < -0.39 is 0 Å². The van der Waals surface area contributed by atoms with Gasteiger partial charge in [-0.2, -0.15) is 0 Å². The Kier molecular flexibility index (Phi) is 3.27. The van der Waals surface area contributed by atoms with E-state index in [1.807, 2.05) is 19.2 Å². The van der Waals surface area contributed by atoms with Crippen LogP contribution in [0.4, 0.5) is 0 Å². The molecule has 1 aromatic heterocycles. The van der Waals surface area contributed by atoms with E-state index >= 15 is 0 Å². The minimum absolute atomic E-state index is 0.101. The fraction of sp³-hybridized carbons (Fsp3) is 0.583. The number of aryl methyl sites for hydroxylation is 1. The largest absolute Gasteiger partial charge is 0.324 e. The van der Waals surface area contributed by atoms with Crippen LogP contribution in [0.3, 0.4) is 0 Å². The van der Waals surface area contributed by atoms with Crippen molar-refractivity contribution in [3.63, 3.8) is 0 Å². The first-order valence-corrected chi connectivity index (χ1v) is 5.07. The van der Waals surface area contributed by atoms with Gasteiger partial charge in [0.05, 0.1) is 0 Å². The number of hydrogen-bond acceptors (Lipinski definition) is 2. The monoisotopic (exact) mass is 192 g/mol.